The number of benzene rings is 1. The zero-order chi connectivity index (χ0) is 12.5. The van der Waals surface area contributed by atoms with E-state index in [9.17, 15) is 0 Å². The Hall–Kier alpha value is -1.71. The maximum Gasteiger partial charge on any atom is 0.201 e. The van der Waals surface area contributed by atoms with Gasteiger partial charge in [-0.25, -0.2) is 4.98 Å². The zero-order valence-electron chi connectivity index (χ0n) is 10.7. The molecule has 0 aliphatic carbocycles. The minimum atomic E-state index is 0.276. The van der Waals surface area contributed by atoms with Crippen molar-refractivity contribution in [1.29, 1.82) is 0 Å². The van der Waals surface area contributed by atoms with E-state index in [2.05, 4.69) is 36.1 Å². The second kappa shape index (κ2) is 4.28. The van der Waals surface area contributed by atoms with Gasteiger partial charge in [0.1, 0.15) is 0 Å². The first-order valence-corrected chi connectivity index (χ1v) is 5.99. The molecule has 1 aromatic carbocycles. The number of anilines is 2. The average Bonchev–Trinajstić information content (AvgIpc) is 2.68. The summed E-state index contributed by atoms with van der Waals surface area (Å²) in [7, 11) is 0. The third kappa shape index (κ3) is 2.70. The van der Waals surface area contributed by atoms with E-state index in [4.69, 9.17) is 5.73 Å². The van der Waals surface area contributed by atoms with Crippen molar-refractivity contribution in [2.24, 2.45) is 5.41 Å². The summed E-state index contributed by atoms with van der Waals surface area (Å²) in [5.41, 5.74) is 8.67. The van der Waals surface area contributed by atoms with Crippen molar-refractivity contribution in [2.45, 2.75) is 27.2 Å². The molecule has 0 bridgehead atoms. The van der Waals surface area contributed by atoms with Gasteiger partial charge in [0.15, 0.2) is 0 Å². The molecule has 0 spiro atoms. The number of nitrogen functional groups attached to an aromatic ring is 1. The number of fused-ring (bicyclic) bond motifs is 1. The van der Waals surface area contributed by atoms with Crippen molar-refractivity contribution >= 4 is 22.7 Å². The Morgan fingerprint density at radius 1 is 1.41 bits per heavy atom. The van der Waals surface area contributed by atoms with Gasteiger partial charge in [0.05, 0.1) is 11.0 Å². The fourth-order valence-electron chi connectivity index (χ4n) is 1.56. The lowest BCUT2D eigenvalue weighted by Gasteiger charge is -2.22. The highest BCUT2D eigenvalue weighted by atomic mass is 15.1. The van der Waals surface area contributed by atoms with E-state index in [0.717, 1.165) is 35.6 Å². The van der Waals surface area contributed by atoms with Gasteiger partial charge in [-0.1, -0.05) is 20.8 Å². The molecular weight excluding hydrogens is 212 g/mol. The molecule has 2 rings (SSSR count). The SMILES string of the molecule is CCC(C)(C)CNc1nc2ccc(N)cc2[nH]1. The highest BCUT2D eigenvalue weighted by Gasteiger charge is 2.15. The van der Waals surface area contributed by atoms with Crippen LogP contribution in [-0.2, 0) is 0 Å². The van der Waals surface area contributed by atoms with Gasteiger partial charge in [0.2, 0.25) is 5.95 Å². The van der Waals surface area contributed by atoms with Crippen molar-refractivity contribution in [2.75, 3.05) is 17.6 Å². The van der Waals surface area contributed by atoms with Crippen LogP contribution < -0.4 is 11.1 Å². The van der Waals surface area contributed by atoms with Crippen LogP contribution >= 0.6 is 0 Å². The number of hydrogen-bond acceptors (Lipinski definition) is 3. The molecule has 17 heavy (non-hydrogen) atoms. The van der Waals surface area contributed by atoms with E-state index in [-0.39, 0.29) is 5.41 Å². The molecule has 1 heterocycles. The fourth-order valence-corrected chi connectivity index (χ4v) is 1.56. The Labute approximate surface area is 102 Å². The van der Waals surface area contributed by atoms with Crippen LogP contribution in [0.4, 0.5) is 11.6 Å². The molecule has 4 heteroatoms. The number of nitrogens with zero attached hydrogens (tertiary/aromatic N) is 1. The molecule has 0 radical (unpaired) electrons. The molecule has 2 aromatic rings. The molecule has 0 aliphatic heterocycles. The molecule has 4 N–H and O–H groups in total. The number of aromatic nitrogens is 2. The van der Waals surface area contributed by atoms with Gasteiger partial charge in [-0.05, 0) is 30.0 Å². The topological polar surface area (TPSA) is 66.7 Å². The number of nitrogens with two attached hydrogens (primary N) is 1. The van der Waals surface area contributed by atoms with Crippen molar-refractivity contribution < 1.29 is 0 Å². The minimum Gasteiger partial charge on any atom is -0.399 e. The van der Waals surface area contributed by atoms with Gasteiger partial charge in [0, 0.05) is 12.2 Å². The number of nitrogens with one attached hydrogen (secondary N) is 2. The quantitative estimate of drug-likeness (QED) is 0.710. The molecule has 0 atom stereocenters. The monoisotopic (exact) mass is 232 g/mol. The Kier molecular flexibility index (Phi) is 2.96. The highest BCUT2D eigenvalue weighted by molar-refractivity contribution is 5.80. The summed E-state index contributed by atoms with van der Waals surface area (Å²) in [5, 5.41) is 3.34. The second-order valence-corrected chi connectivity index (χ2v) is 5.23. The third-order valence-corrected chi connectivity index (χ3v) is 3.20. The Morgan fingerprint density at radius 3 is 2.88 bits per heavy atom. The minimum absolute atomic E-state index is 0.276. The molecular formula is C13H20N4. The van der Waals surface area contributed by atoms with Gasteiger partial charge in [0.25, 0.3) is 0 Å². The number of aromatic amines is 1. The normalized spacial score (nSPS) is 11.9. The predicted octanol–water partition coefficient (Wildman–Crippen LogP) is 2.99. The van der Waals surface area contributed by atoms with Crippen LogP contribution in [0.2, 0.25) is 0 Å². The van der Waals surface area contributed by atoms with E-state index in [1.807, 2.05) is 18.2 Å². The summed E-state index contributed by atoms with van der Waals surface area (Å²) in [6, 6.07) is 5.69. The second-order valence-electron chi connectivity index (χ2n) is 5.23. The lowest BCUT2D eigenvalue weighted by Crippen LogP contribution is -2.22. The van der Waals surface area contributed by atoms with E-state index < -0.39 is 0 Å². The van der Waals surface area contributed by atoms with Crippen molar-refractivity contribution in [3.63, 3.8) is 0 Å². The largest absolute Gasteiger partial charge is 0.399 e. The van der Waals surface area contributed by atoms with Gasteiger partial charge < -0.3 is 16.0 Å². The third-order valence-electron chi connectivity index (χ3n) is 3.20. The number of imidazole rings is 1. The van der Waals surface area contributed by atoms with Crippen LogP contribution in [-0.4, -0.2) is 16.5 Å². The number of rotatable bonds is 4. The molecule has 0 unspecified atom stereocenters. The summed E-state index contributed by atoms with van der Waals surface area (Å²) < 4.78 is 0. The molecule has 4 nitrogen and oxygen atoms in total. The first-order chi connectivity index (χ1) is 8.00. The van der Waals surface area contributed by atoms with Crippen LogP contribution in [0.1, 0.15) is 27.2 Å². The zero-order valence-corrected chi connectivity index (χ0v) is 10.7. The number of H-pyrrole nitrogens is 1. The molecule has 92 valence electrons. The number of hydrogen-bond donors (Lipinski definition) is 3. The fraction of sp³-hybridized carbons (Fsp3) is 0.462. The van der Waals surface area contributed by atoms with Gasteiger partial charge >= 0.3 is 0 Å². The maximum absolute atomic E-state index is 5.73. The van der Waals surface area contributed by atoms with Crippen LogP contribution in [0.25, 0.3) is 11.0 Å². The van der Waals surface area contributed by atoms with E-state index in [1.165, 1.54) is 0 Å². The van der Waals surface area contributed by atoms with Crippen LogP contribution in [0.15, 0.2) is 18.2 Å². The van der Waals surface area contributed by atoms with Crippen LogP contribution in [0.5, 0.6) is 0 Å². The molecule has 0 saturated carbocycles. The van der Waals surface area contributed by atoms with E-state index >= 15 is 0 Å². The van der Waals surface area contributed by atoms with E-state index in [1.54, 1.807) is 0 Å². The van der Waals surface area contributed by atoms with Crippen LogP contribution in [0.3, 0.4) is 0 Å². The van der Waals surface area contributed by atoms with Gasteiger partial charge in [-0.2, -0.15) is 0 Å². The molecule has 0 fully saturated rings. The van der Waals surface area contributed by atoms with Crippen molar-refractivity contribution in [3.05, 3.63) is 18.2 Å². The molecule has 0 aliphatic rings. The molecule has 0 amide bonds. The summed E-state index contributed by atoms with van der Waals surface area (Å²) in [4.78, 5) is 7.70. The van der Waals surface area contributed by atoms with E-state index in [0.29, 0.717) is 0 Å². The Bertz CT molecular complexity index is 513. The first kappa shape index (κ1) is 11.8. The summed E-state index contributed by atoms with van der Waals surface area (Å²) >= 11 is 0. The van der Waals surface area contributed by atoms with Gasteiger partial charge in [-0.3, -0.25) is 0 Å². The molecule has 1 aromatic heterocycles. The standard InChI is InChI=1S/C13H20N4/c1-4-13(2,3)8-15-12-16-10-6-5-9(14)7-11(10)17-12/h5-7H,4,8,14H2,1-3H3,(H2,15,16,17). The summed E-state index contributed by atoms with van der Waals surface area (Å²) in [6.07, 6.45) is 1.13. The smallest absolute Gasteiger partial charge is 0.201 e. The lowest BCUT2D eigenvalue weighted by atomic mass is 9.90. The predicted molar refractivity (Wildman–Crippen MR) is 73.1 cm³/mol. The highest BCUT2D eigenvalue weighted by Crippen LogP contribution is 2.21. The Morgan fingerprint density at radius 2 is 2.18 bits per heavy atom. The molecule has 0 saturated heterocycles. The average molecular weight is 232 g/mol. The summed E-state index contributed by atoms with van der Waals surface area (Å²) in [5.74, 6) is 0.812. The van der Waals surface area contributed by atoms with Crippen molar-refractivity contribution in [3.8, 4) is 0 Å². The van der Waals surface area contributed by atoms with Gasteiger partial charge in [-0.15, -0.1) is 0 Å². The van der Waals surface area contributed by atoms with Crippen LogP contribution in [0, 0.1) is 5.41 Å². The first-order valence-electron chi connectivity index (χ1n) is 5.99. The Balaban J connectivity index is 2.15. The maximum atomic E-state index is 5.73. The van der Waals surface area contributed by atoms with Crippen molar-refractivity contribution in [1.82, 2.24) is 9.97 Å². The lowest BCUT2D eigenvalue weighted by molar-refractivity contribution is 0.376. The summed E-state index contributed by atoms with van der Waals surface area (Å²) in [6.45, 7) is 7.57.